The van der Waals surface area contributed by atoms with E-state index in [0.717, 1.165) is 0 Å². The molecule has 0 atom stereocenters. The third kappa shape index (κ3) is 2.91. The molecule has 3 heteroatoms. The van der Waals surface area contributed by atoms with E-state index >= 15 is 0 Å². The van der Waals surface area contributed by atoms with Crippen LogP contribution in [0.25, 0.3) is 0 Å². The van der Waals surface area contributed by atoms with Gasteiger partial charge in [0.25, 0.3) is 0 Å². The second kappa shape index (κ2) is 4.85. The molecular formula is C7H7NRb2. The normalized spacial score (nSPS) is 10.2. The SMILES string of the molecule is Cc1nc(C)[c]([Rb])c[c]1[Rb]. The molecule has 0 aliphatic rings. The van der Waals surface area contributed by atoms with Crippen LogP contribution < -0.4 is -2.74 Å². The van der Waals surface area contributed by atoms with Crippen molar-refractivity contribution in [2.45, 2.75) is 13.8 Å². The Kier molecular flexibility index (Phi) is 5.25. The molecule has 42 valence electrons. The zero-order chi connectivity index (χ0) is 7.72. The molecule has 0 aliphatic carbocycles. The van der Waals surface area contributed by atoms with Crippen LogP contribution >= 0.6 is 0 Å². The zero-order valence-corrected chi connectivity index (χ0v) is 16.9. The van der Waals surface area contributed by atoms with Gasteiger partial charge >= 0.3 is 145 Å². The average Bonchev–Trinajstić information content (AvgIpc) is 1.84. The van der Waals surface area contributed by atoms with Crippen LogP contribution in [0, 0.1) is 13.8 Å². The fraction of sp³-hybridized carbons (Fsp3) is 0.286. The Balaban J connectivity index is 3.28. The van der Waals surface area contributed by atoms with Crippen LogP contribution in [0.4, 0.5) is 0 Å². The van der Waals surface area contributed by atoms with Gasteiger partial charge < -0.3 is 0 Å². The molecule has 1 heterocycles. The summed E-state index contributed by atoms with van der Waals surface area (Å²) >= 11 is 1.28. The monoisotopic (exact) mass is 275 g/mol. The molecule has 1 aromatic rings. The van der Waals surface area contributed by atoms with E-state index in [1.54, 1.807) is -2.74 Å². The van der Waals surface area contributed by atoms with Gasteiger partial charge in [-0.1, -0.05) is 0 Å². The number of hydrogen-bond donors (Lipinski definition) is 0. The number of pyridine rings is 1. The molecule has 0 unspecified atom stereocenters. The fourth-order valence-electron chi connectivity index (χ4n) is 0.962. The number of nitrogens with zero attached hydrogens (tertiary/aromatic N) is 1. The van der Waals surface area contributed by atoms with Crippen molar-refractivity contribution < 1.29 is 0 Å². The van der Waals surface area contributed by atoms with E-state index < -0.39 is 0 Å². The summed E-state index contributed by atoms with van der Waals surface area (Å²) in [6, 6.07) is 2.36. The summed E-state index contributed by atoms with van der Waals surface area (Å²) in [6.07, 6.45) is 0. The van der Waals surface area contributed by atoms with Gasteiger partial charge in [-0.25, -0.2) is 0 Å². The van der Waals surface area contributed by atoms with E-state index in [1.165, 1.54) is 11.4 Å². The van der Waals surface area contributed by atoms with Gasteiger partial charge in [-0.2, -0.15) is 0 Å². The van der Waals surface area contributed by atoms with Gasteiger partial charge in [0.1, 0.15) is 0 Å². The quantitative estimate of drug-likeness (QED) is 0.610. The molecule has 0 radical (unpaired) electrons. The Bertz CT molecular complexity index is 208. The third-order valence-electron chi connectivity index (χ3n) is 1.91. The van der Waals surface area contributed by atoms with E-state index in [9.17, 15) is 0 Å². The van der Waals surface area contributed by atoms with Gasteiger partial charge in [0.2, 0.25) is 0 Å². The first kappa shape index (κ1) is 10.8. The summed E-state index contributed by atoms with van der Waals surface area (Å²) in [5, 5.41) is 0. The van der Waals surface area contributed by atoms with E-state index in [1.807, 2.05) is 0 Å². The summed E-state index contributed by atoms with van der Waals surface area (Å²) in [7, 11) is 0. The van der Waals surface area contributed by atoms with Gasteiger partial charge in [-0.15, -0.1) is 0 Å². The predicted molar refractivity (Wildman–Crippen MR) is 44.5 cm³/mol. The van der Waals surface area contributed by atoms with Crippen molar-refractivity contribution in [2.75, 3.05) is 0 Å². The minimum atomic E-state index is 0.641. The van der Waals surface area contributed by atoms with Crippen molar-refractivity contribution in [3.63, 3.8) is 0 Å². The molecule has 0 spiro atoms. The van der Waals surface area contributed by atoms with Crippen molar-refractivity contribution in [2.24, 2.45) is 0 Å². The Morgan fingerprint density at radius 1 is 1.10 bits per heavy atom. The van der Waals surface area contributed by atoms with Crippen molar-refractivity contribution in [3.05, 3.63) is 17.5 Å². The minimum absolute atomic E-state index is 0.641. The maximum absolute atomic E-state index is 4.48. The molecule has 0 aliphatic heterocycles. The van der Waals surface area contributed by atoms with Crippen LogP contribution in [0.5, 0.6) is 0 Å². The van der Waals surface area contributed by atoms with E-state index in [2.05, 4.69) is 24.9 Å². The predicted octanol–water partition coefficient (Wildman–Crippen LogP) is -0.714. The van der Waals surface area contributed by atoms with Crippen molar-refractivity contribution in [3.8, 4) is 0 Å². The van der Waals surface area contributed by atoms with Gasteiger partial charge in [0, 0.05) is 0 Å². The molecular weight excluding hydrogens is 269 g/mol. The first-order valence-electron chi connectivity index (χ1n) is 3.52. The Hall–Kier alpha value is 2.76. The van der Waals surface area contributed by atoms with Crippen molar-refractivity contribution in [1.82, 2.24) is 4.98 Å². The van der Waals surface area contributed by atoms with Gasteiger partial charge in [-0.05, 0) is 0 Å². The van der Waals surface area contributed by atoms with Crippen LogP contribution in [-0.2, 0) is 0 Å². The maximum atomic E-state index is 4.48. The molecule has 10 heavy (non-hydrogen) atoms. The molecule has 1 nitrogen and oxygen atoms in total. The first-order valence-corrected chi connectivity index (χ1v) is 8.44. The van der Waals surface area contributed by atoms with E-state index in [0.29, 0.717) is 111 Å². The second-order valence-electron chi connectivity index (χ2n) is 2.79. The van der Waals surface area contributed by atoms with E-state index in [4.69, 9.17) is 0 Å². The topological polar surface area (TPSA) is 12.9 Å². The summed E-state index contributed by atoms with van der Waals surface area (Å²) in [5.41, 5.74) is 2.54. The van der Waals surface area contributed by atoms with Crippen molar-refractivity contribution in [1.29, 1.82) is 0 Å². The fourth-order valence-corrected chi connectivity index (χ4v) is 7.13. The van der Waals surface area contributed by atoms with Gasteiger partial charge in [0.15, 0.2) is 0 Å². The number of rotatable bonds is 0. The molecule has 0 fully saturated rings. The molecule has 1 aromatic heterocycles. The third-order valence-corrected chi connectivity index (χ3v) is 6.89. The molecule has 0 saturated heterocycles. The first-order chi connectivity index (χ1) is 4.61. The molecule has 0 saturated carbocycles. The molecule has 1 rings (SSSR count). The second-order valence-corrected chi connectivity index (χ2v) is 8.09. The molecule has 0 aromatic carbocycles. The number of aryl methyl sites for hydroxylation is 2. The van der Waals surface area contributed by atoms with Crippen LogP contribution in [0.3, 0.4) is 0 Å². The Labute approximate surface area is 140 Å². The van der Waals surface area contributed by atoms with Crippen LogP contribution in [0.1, 0.15) is 11.4 Å². The Morgan fingerprint density at radius 3 is 1.80 bits per heavy atom. The van der Waals surface area contributed by atoms with Crippen LogP contribution in [0.2, 0.25) is 0 Å². The summed E-state index contributed by atoms with van der Waals surface area (Å²) in [5.74, 6) is 0. The van der Waals surface area contributed by atoms with Crippen LogP contribution in [-0.4, -0.2) is 116 Å². The Morgan fingerprint density at radius 2 is 1.50 bits per heavy atom. The molecule has 0 N–H and O–H groups in total. The molecule has 0 amide bonds. The number of hydrogen-bond acceptors (Lipinski definition) is 1. The summed E-state index contributed by atoms with van der Waals surface area (Å²) in [4.78, 5) is 4.48. The summed E-state index contributed by atoms with van der Waals surface area (Å²) in [6.45, 7) is 4.24. The summed E-state index contributed by atoms with van der Waals surface area (Å²) < 4.78 is 3.09. The van der Waals surface area contributed by atoms with Crippen molar-refractivity contribution >= 4 is 108 Å². The van der Waals surface area contributed by atoms with Gasteiger partial charge in [0.05, 0.1) is 0 Å². The molecule has 0 bridgehead atoms. The number of aromatic nitrogens is 1. The van der Waals surface area contributed by atoms with Gasteiger partial charge in [-0.3, -0.25) is 0 Å². The standard InChI is InChI=1S/C7H7N.2Rb/c1-6-4-3-5-7(2)8-6;;/h3H,1-2H3;;. The van der Waals surface area contributed by atoms with E-state index in [-0.39, 0.29) is 0 Å². The zero-order valence-electron chi connectivity index (χ0n) is 7.02. The van der Waals surface area contributed by atoms with Crippen LogP contribution in [0.15, 0.2) is 6.07 Å². The average molecular weight is 276 g/mol.